The molecule has 2 rings (SSSR count). The molecular formula is C12H16Cl2N2O. The van der Waals surface area contributed by atoms with Crippen LogP contribution in [0.2, 0.25) is 10.0 Å². The van der Waals surface area contributed by atoms with Crippen LogP contribution in [0, 0.1) is 0 Å². The van der Waals surface area contributed by atoms with Crippen molar-refractivity contribution in [3.8, 4) is 0 Å². The van der Waals surface area contributed by atoms with Gasteiger partial charge in [0.1, 0.15) is 5.82 Å². The summed E-state index contributed by atoms with van der Waals surface area (Å²) < 4.78 is 0. The fourth-order valence-electron chi connectivity index (χ4n) is 2.26. The van der Waals surface area contributed by atoms with E-state index in [4.69, 9.17) is 23.2 Å². The molecule has 0 spiro atoms. The fourth-order valence-corrected chi connectivity index (χ4v) is 2.75. The van der Waals surface area contributed by atoms with Gasteiger partial charge in [0.2, 0.25) is 0 Å². The summed E-state index contributed by atoms with van der Waals surface area (Å²) in [6.45, 7) is 1.03. The van der Waals surface area contributed by atoms with E-state index in [0.29, 0.717) is 10.0 Å². The van der Waals surface area contributed by atoms with E-state index in [2.05, 4.69) is 9.88 Å². The molecule has 3 nitrogen and oxygen atoms in total. The predicted octanol–water partition coefficient (Wildman–Crippen LogP) is 3.13. The molecule has 94 valence electrons. The molecule has 0 amide bonds. The standard InChI is InChI=1S/C12H16Cl2N2O/c13-9-6-11(14)12(15-7-9)16-5-3-1-2-4-10(16)8-17/h6-7,10,17H,1-5,8H2. The van der Waals surface area contributed by atoms with E-state index in [1.807, 2.05) is 0 Å². The van der Waals surface area contributed by atoms with Gasteiger partial charge in [-0.3, -0.25) is 0 Å². The van der Waals surface area contributed by atoms with Gasteiger partial charge in [-0.15, -0.1) is 0 Å². The van der Waals surface area contributed by atoms with E-state index in [9.17, 15) is 5.11 Å². The van der Waals surface area contributed by atoms with Gasteiger partial charge in [-0.2, -0.15) is 0 Å². The van der Waals surface area contributed by atoms with Gasteiger partial charge >= 0.3 is 0 Å². The molecule has 1 aromatic heterocycles. The third-order valence-electron chi connectivity index (χ3n) is 3.15. The van der Waals surface area contributed by atoms with Crippen molar-refractivity contribution in [2.45, 2.75) is 31.7 Å². The number of aliphatic hydroxyl groups excluding tert-OH is 1. The quantitative estimate of drug-likeness (QED) is 0.900. The third-order valence-corrected chi connectivity index (χ3v) is 3.63. The highest BCUT2D eigenvalue weighted by Gasteiger charge is 2.23. The van der Waals surface area contributed by atoms with E-state index in [0.717, 1.165) is 31.6 Å². The zero-order valence-electron chi connectivity index (χ0n) is 9.57. The fraction of sp³-hybridized carbons (Fsp3) is 0.583. The maximum atomic E-state index is 9.45. The molecule has 1 aromatic rings. The first kappa shape index (κ1) is 12.9. The lowest BCUT2D eigenvalue weighted by Crippen LogP contribution is -2.38. The second kappa shape index (κ2) is 5.89. The van der Waals surface area contributed by atoms with Crippen LogP contribution >= 0.6 is 23.2 Å². The molecule has 1 atom stereocenters. The highest BCUT2D eigenvalue weighted by molar-refractivity contribution is 6.36. The summed E-state index contributed by atoms with van der Waals surface area (Å²) in [5, 5.41) is 10.5. The molecular weight excluding hydrogens is 259 g/mol. The van der Waals surface area contributed by atoms with Crippen molar-refractivity contribution in [3.05, 3.63) is 22.3 Å². The average molecular weight is 275 g/mol. The highest BCUT2D eigenvalue weighted by Crippen LogP contribution is 2.30. The summed E-state index contributed by atoms with van der Waals surface area (Å²) in [4.78, 5) is 6.40. The Morgan fingerprint density at radius 2 is 2.18 bits per heavy atom. The van der Waals surface area contributed by atoms with Gasteiger partial charge in [0.15, 0.2) is 0 Å². The smallest absolute Gasteiger partial charge is 0.147 e. The number of anilines is 1. The summed E-state index contributed by atoms with van der Waals surface area (Å²) in [6.07, 6.45) is 6.03. The number of hydrogen-bond donors (Lipinski definition) is 1. The van der Waals surface area contributed by atoms with Gasteiger partial charge in [0.05, 0.1) is 22.7 Å². The summed E-state index contributed by atoms with van der Waals surface area (Å²) in [7, 11) is 0. The van der Waals surface area contributed by atoms with Crippen molar-refractivity contribution in [1.82, 2.24) is 4.98 Å². The molecule has 1 aliphatic heterocycles. The number of hydrogen-bond acceptors (Lipinski definition) is 3. The number of nitrogens with zero attached hydrogens (tertiary/aromatic N) is 2. The van der Waals surface area contributed by atoms with Crippen molar-refractivity contribution in [2.24, 2.45) is 0 Å². The Labute approximate surface area is 111 Å². The van der Waals surface area contributed by atoms with Gasteiger partial charge < -0.3 is 10.0 Å². The highest BCUT2D eigenvalue weighted by atomic mass is 35.5. The SMILES string of the molecule is OCC1CCCCCN1c1ncc(Cl)cc1Cl. The molecule has 5 heteroatoms. The van der Waals surface area contributed by atoms with Crippen LogP contribution in [0.1, 0.15) is 25.7 Å². The summed E-state index contributed by atoms with van der Waals surface area (Å²) >= 11 is 12.0. The molecule has 0 radical (unpaired) electrons. The van der Waals surface area contributed by atoms with Crippen molar-refractivity contribution in [1.29, 1.82) is 0 Å². The first-order valence-corrected chi connectivity index (χ1v) is 6.66. The molecule has 0 saturated carbocycles. The van der Waals surface area contributed by atoms with Gasteiger partial charge in [-0.25, -0.2) is 4.98 Å². The molecule has 17 heavy (non-hydrogen) atoms. The zero-order chi connectivity index (χ0) is 12.3. The molecule has 1 aliphatic rings. The second-order valence-corrected chi connectivity index (χ2v) is 5.18. The van der Waals surface area contributed by atoms with E-state index < -0.39 is 0 Å². The van der Waals surface area contributed by atoms with Gasteiger partial charge in [0.25, 0.3) is 0 Å². The molecule has 1 unspecified atom stereocenters. The first-order valence-electron chi connectivity index (χ1n) is 5.91. The Kier molecular flexibility index (Phi) is 4.48. The van der Waals surface area contributed by atoms with Gasteiger partial charge in [-0.05, 0) is 18.9 Å². The molecule has 0 bridgehead atoms. The van der Waals surface area contributed by atoms with Gasteiger partial charge in [-0.1, -0.05) is 36.0 Å². The Morgan fingerprint density at radius 1 is 1.35 bits per heavy atom. The lowest BCUT2D eigenvalue weighted by atomic mass is 10.1. The largest absolute Gasteiger partial charge is 0.394 e. The maximum Gasteiger partial charge on any atom is 0.147 e. The van der Waals surface area contributed by atoms with Crippen molar-refractivity contribution >= 4 is 29.0 Å². The summed E-state index contributed by atoms with van der Waals surface area (Å²) in [5.41, 5.74) is 0. The Balaban J connectivity index is 2.28. The Morgan fingerprint density at radius 3 is 2.88 bits per heavy atom. The van der Waals surface area contributed by atoms with Crippen LogP contribution in [0.3, 0.4) is 0 Å². The Hall–Kier alpha value is -0.510. The number of aromatic nitrogens is 1. The van der Waals surface area contributed by atoms with Crippen LogP contribution in [0.25, 0.3) is 0 Å². The lowest BCUT2D eigenvalue weighted by molar-refractivity contribution is 0.254. The monoisotopic (exact) mass is 274 g/mol. The minimum atomic E-state index is 0.115. The molecule has 0 aliphatic carbocycles. The second-order valence-electron chi connectivity index (χ2n) is 4.34. The van der Waals surface area contributed by atoms with Crippen LogP contribution in [0.5, 0.6) is 0 Å². The van der Waals surface area contributed by atoms with E-state index in [1.165, 1.54) is 6.42 Å². The first-order chi connectivity index (χ1) is 8.22. The number of pyridine rings is 1. The summed E-state index contributed by atoms with van der Waals surface area (Å²) in [6, 6.07) is 1.81. The maximum absolute atomic E-state index is 9.45. The molecule has 1 fully saturated rings. The molecule has 0 aromatic carbocycles. The van der Waals surface area contributed by atoms with Crippen molar-refractivity contribution in [3.63, 3.8) is 0 Å². The van der Waals surface area contributed by atoms with Crippen LogP contribution in [0.15, 0.2) is 12.3 Å². The van der Waals surface area contributed by atoms with E-state index >= 15 is 0 Å². The van der Waals surface area contributed by atoms with E-state index in [1.54, 1.807) is 12.3 Å². The zero-order valence-corrected chi connectivity index (χ0v) is 11.1. The number of halogens is 2. The topological polar surface area (TPSA) is 36.4 Å². The van der Waals surface area contributed by atoms with Crippen molar-refractivity contribution in [2.75, 3.05) is 18.1 Å². The van der Waals surface area contributed by atoms with Gasteiger partial charge in [0, 0.05) is 12.7 Å². The molecule has 1 saturated heterocycles. The van der Waals surface area contributed by atoms with Crippen LogP contribution in [-0.4, -0.2) is 29.3 Å². The normalized spacial score (nSPS) is 21.4. The average Bonchev–Trinajstić information content (AvgIpc) is 2.54. The number of aliphatic hydroxyl groups is 1. The van der Waals surface area contributed by atoms with Crippen LogP contribution in [0.4, 0.5) is 5.82 Å². The predicted molar refractivity (Wildman–Crippen MR) is 70.9 cm³/mol. The van der Waals surface area contributed by atoms with Crippen LogP contribution in [-0.2, 0) is 0 Å². The van der Waals surface area contributed by atoms with Crippen LogP contribution < -0.4 is 4.90 Å². The minimum Gasteiger partial charge on any atom is -0.394 e. The summed E-state index contributed by atoms with van der Waals surface area (Å²) in [5.74, 6) is 0.733. The van der Waals surface area contributed by atoms with Crippen molar-refractivity contribution < 1.29 is 5.11 Å². The minimum absolute atomic E-state index is 0.115. The third kappa shape index (κ3) is 3.03. The Bertz CT molecular complexity index is 387. The molecule has 2 heterocycles. The lowest BCUT2D eigenvalue weighted by Gasteiger charge is -2.30. The number of rotatable bonds is 2. The van der Waals surface area contributed by atoms with E-state index in [-0.39, 0.29) is 12.6 Å². The molecule has 1 N–H and O–H groups in total.